The number of ether oxygens (including phenoxy) is 1. The van der Waals surface area contributed by atoms with Crippen molar-refractivity contribution in [3.8, 4) is 11.1 Å². The first kappa shape index (κ1) is 23.4. The molecule has 1 N–H and O–H groups in total. The Morgan fingerprint density at radius 1 is 1.00 bits per heavy atom. The number of halogens is 4. The van der Waals surface area contributed by atoms with E-state index in [-0.39, 0.29) is 22.1 Å². The Kier molecular flexibility index (Phi) is 5.78. The standard InChI is InChI=1S/C24H24ClF3O3/c1-6-13-11-14(15-8-10-18(25)17(12-15)24(26,27)28)7-9-16(13)19-20(29)22(2,3)31-23(4,5)21(19)30/h7-12,29H,6H2,1-5H3. The van der Waals surface area contributed by atoms with Gasteiger partial charge in [0.05, 0.1) is 16.2 Å². The number of carbonyl (C=O) groups excluding carboxylic acids is 1. The zero-order valence-electron chi connectivity index (χ0n) is 17.9. The molecule has 1 aliphatic heterocycles. The summed E-state index contributed by atoms with van der Waals surface area (Å²) in [6, 6.07) is 8.80. The Labute approximate surface area is 184 Å². The number of rotatable bonds is 3. The van der Waals surface area contributed by atoms with Crippen LogP contribution in [0.4, 0.5) is 13.2 Å². The number of hydrogen-bond acceptors (Lipinski definition) is 3. The van der Waals surface area contributed by atoms with E-state index < -0.39 is 22.9 Å². The summed E-state index contributed by atoms with van der Waals surface area (Å²) >= 11 is 5.74. The molecule has 3 nitrogen and oxygen atoms in total. The van der Waals surface area contributed by atoms with Gasteiger partial charge in [0.25, 0.3) is 0 Å². The lowest BCUT2D eigenvalue weighted by molar-refractivity contribution is -0.158. The van der Waals surface area contributed by atoms with E-state index in [0.717, 1.165) is 11.6 Å². The van der Waals surface area contributed by atoms with Crippen molar-refractivity contribution >= 4 is 23.0 Å². The zero-order valence-corrected chi connectivity index (χ0v) is 18.7. The third-order valence-corrected chi connectivity index (χ3v) is 5.78. The molecular formula is C24H24ClF3O3. The quantitative estimate of drug-likeness (QED) is 0.544. The third-order valence-electron chi connectivity index (χ3n) is 5.45. The Morgan fingerprint density at radius 3 is 2.16 bits per heavy atom. The molecule has 0 fully saturated rings. The topological polar surface area (TPSA) is 46.5 Å². The van der Waals surface area contributed by atoms with Gasteiger partial charge >= 0.3 is 6.18 Å². The van der Waals surface area contributed by atoms with Crippen molar-refractivity contribution < 1.29 is 27.8 Å². The highest BCUT2D eigenvalue weighted by Gasteiger charge is 2.47. The second-order valence-corrected chi connectivity index (χ2v) is 9.00. The van der Waals surface area contributed by atoms with Crippen LogP contribution in [-0.2, 0) is 22.1 Å². The number of aliphatic hydroxyl groups is 1. The highest BCUT2D eigenvalue weighted by Crippen LogP contribution is 2.42. The molecule has 1 heterocycles. The average Bonchev–Trinajstić information content (AvgIpc) is 2.66. The monoisotopic (exact) mass is 452 g/mol. The molecule has 0 aliphatic carbocycles. The van der Waals surface area contributed by atoms with Crippen molar-refractivity contribution in [3.05, 3.63) is 63.9 Å². The van der Waals surface area contributed by atoms with Crippen LogP contribution in [0.3, 0.4) is 0 Å². The van der Waals surface area contributed by atoms with Gasteiger partial charge < -0.3 is 9.84 Å². The van der Waals surface area contributed by atoms with E-state index in [2.05, 4.69) is 0 Å². The Balaban J connectivity index is 2.17. The second-order valence-electron chi connectivity index (χ2n) is 8.59. The van der Waals surface area contributed by atoms with Gasteiger partial charge in [0, 0.05) is 0 Å². The number of carbonyl (C=O) groups is 1. The molecule has 0 saturated heterocycles. The molecule has 2 aromatic rings. The Hall–Kier alpha value is -2.31. The molecular weight excluding hydrogens is 429 g/mol. The number of alkyl halides is 3. The van der Waals surface area contributed by atoms with Crippen LogP contribution in [-0.4, -0.2) is 22.1 Å². The molecule has 0 radical (unpaired) electrons. The molecule has 31 heavy (non-hydrogen) atoms. The molecule has 0 aromatic heterocycles. The van der Waals surface area contributed by atoms with E-state index in [9.17, 15) is 23.1 Å². The molecule has 0 bridgehead atoms. The van der Waals surface area contributed by atoms with Crippen molar-refractivity contribution in [2.75, 3.05) is 0 Å². The highest BCUT2D eigenvalue weighted by molar-refractivity contribution is 6.31. The molecule has 3 rings (SSSR count). The molecule has 0 unspecified atom stereocenters. The molecule has 0 amide bonds. The van der Waals surface area contributed by atoms with Gasteiger partial charge in [-0.25, -0.2) is 0 Å². The van der Waals surface area contributed by atoms with Crippen LogP contribution < -0.4 is 0 Å². The summed E-state index contributed by atoms with van der Waals surface area (Å²) in [5, 5.41) is 10.4. The fraction of sp³-hybridized carbons (Fsp3) is 0.375. The predicted molar refractivity (Wildman–Crippen MR) is 115 cm³/mol. The summed E-state index contributed by atoms with van der Waals surface area (Å²) in [4.78, 5) is 13.1. The molecule has 7 heteroatoms. The van der Waals surface area contributed by atoms with Gasteiger partial charge in [-0.15, -0.1) is 0 Å². The SMILES string of the molecule is CCc1cc(-c2ccc(Cl)c(C(F)(F)F)c2)ccc1C1=C(O)C(C)(C)OC(C)(C)C1=O. The summed E-state index contributed by atoms with van der Waals surface area (Å²) in [6.45, 7) is 8.54. The van der Waals surface area contributed by atoms with Crippen molar-refractivity contribution in [2.24, 2.45) is 0 Å². The van der Waals surface area contributed by atoms with Crippen molar-refractivity contribution in [1.29, 1.82) is 0 Å². The maximum absolute atomic E-state index is 13.3. The van der Waals surface area contributed by atoms with Crippen LogP contribution in [0.25, 0.3) is 16.7 Å². The summed E-state index contributed by atoms with van der Waals surface area (Å²) in [5.74, 6) is -0.511. The van der Waals surface area contributed by atoms with Gasteiger partial charge in [0.1, 0.15) is 17.0 Å². The lowest BCUT2D eigenvalue weighted by atomic mass is 9.81. The van der Waals surface area contributed by atoms with Gasteiger partial charge in [-0.05, 0) is 68.5 Å². The normalized spacial score (nSPS) is 18.4. The van der Waals surface area contributed by atoms with Gasteiger partial charge in [0.15, 0.2) is 5.78 Å². The van der Waals surface area contributed by atoms with E-state index in [0.29, 0.717) is 23.1 Å². The van der Waals surface area contributed by atoms with Crippen LogP contribution in [0, 0.1) is 0 Å². The molecule has 2 aromatic carbocycles. The smallest absolute Gasteiger partial charge is 0.417 e. The summed E-state index contributed by atoms with van der Waals surface area (Å²) < 4.78 is 45.6. The molecule has 166 valence electrons. The van der Waals surface area contributed by atoms with Crippen LogP contribution >= 0.6 is 11.6 Å². The number of ketones is 1. The van der Waals surface area contributed by atoms with E-state index >= 15 is 0 Å². The summed E-state index contributed by atoms with van der Waals surface area (Å²) in [5.41, 5.74) is -0.738. The van der Waals surface area contributed by atoms with Crippen LogP contribution in [0.5, 0.6) is 0 Å². The predicted octanol–water partition coefficient (Wildman–Crippen LogP) is 7.01. The number of aryl methyl sites for hydroxylation is 1. The molecule has 1 aliphatic rings. The third kappa shape index (κ3) is 4.23. The highest BCUT2D eigenvalue weighted by atomic mass is 35.5. The lowest BCUT2D eigenvalue weighted by Crippen LogP contribution is -2.49. The molecule has 0 saturated carbocycles. The van der Waals surface area contributed by atoms with E-state index in [4.69, 9.17) is 16.3 Å². The van der Waals surface area contributed by atoms with Crippen LogP contribution in [0.2, 0.25) is 5.02 Å². The molecule has 0 spiro atoms. The minimum Gasteiger partial charge on any atom is -0.508 e. The minimum atomic E-state index is -4.57. The van der Waals surface area contributed by atoms with Crippen molar-refractivity contribution in [3.63, 3.8) is 0 Å². The van der Waals surface area contributed by atoms with Crippen LogP contribution in [0.1, 0.15) is 51.3 Å². The minimum absolute atomic E-state index is 0.162. The largest absolute Gasteiger partial charge is 0.508 e. The Bertz CT molecular complexity index is 1080. The van der Waals surface area contributed by atoms with E-state index in [1.165, 1.54) is 12.1 Å². The maximum Gasteiger partial charge on any atom is 0.417 e. The number of hydrogen-bond donors (Lipinski definition) is 1. The average molecular weight is 453 g/mol. The summed E-state index contributed by atoms with van der Waals surface area (Å²) in [6.07, 6.45) is -4.06. The fourth-order valence-corrected chi connectivity index (χ4v) is 4.15. The van der Waals surface area contributed by atoms with Gasteiger partial charge in [-0.3, -0.25) is 4.79 Å². The lowest BCUT2D eigenvalue weighted by Gasteiger charge is -2.40. The first-order valence-corrected chi connectivity index (χ1v) is 10.3. The summed E-state index contributed by atoms with van der Waals surface area (Å²) in [7, 11) is 0. The molecule has 0 atom stereocenters. The first-order valence-electron chi connectivity index (χ1n) is 9.88. The van der Waals surface area contributed by atoms with E-state index in [1.807, 2.05) is 6.92 Å². The number of aliphatic hydroxyl groups excluding tert-OH is 1. The maximum atomic E-state index is 13.3. The Morgan fingerprint density at radius 2 is 1.58 bits per heavy atom. The first-order chi connectivity index (χ1) is 14.2. The van der Waals surface area contributed by atoms with Gasteiger partial charge in [-0.2, -0.15) is 13.2 Å². The fourth-order valence-electron chi connectivity index (χ4n) is 3.92. The number of benzene rings is 2. The second kappa shape index (κ2) is 7.68. The zero-order chi connectivity index (χ0) is 23.4. The van der Waals surface area contributed by atoms with Gasteiger partial charge in [-0.1, -0.05) is 42.8 Å². The number of Topliss-reactive ketones (excluding diaryl/α,β-unsaturated/α-hetero) is 1. The van der Waals surface area contributed by atoms with Crippen LogP contribution in [0.15, 0.2) is 42.2 Å². The van der Waals surface area contributed by atoms with Crippen molar-refractivity contribution in [2.45, 2.75) is 58.4 Å². The van der Waals surface area contributed by atoms with Gasteiger partial charge in [0.2, 0.25) is 0 Å². The van der Waals surface area contributed by atoms with E-state index in [1.54, 1.807) is 45.9 Å². The van der Waals surface area contributed by atoms with Crippen molar-refractivity contribution in [1.82, 2.24) is 0 Å².